The normalized spacial score (nSPS) is 13.8. The maximum absolute atomic E-state index is 12.9. The van der Waals surface area contributed by atoms with Crippen LogP contribution in [0.1, 0.15) is 45.3 Å². The van der Waals surface area contributed by atoms with E-state index in [4.69, 9.17) is 0 Å². The number of aliphatic hydroxyl groups excluding tert-OH is 1. The second-order valence-electron chi connectivity index (χ2n) is 5.41. The SMILES string of the molecule is CC(C)(C)CCC(O)c1cc(F)c(F)c(F)c1. The molecule has 0 saturated heterocycles. The van der Waals surface area contributed by atoms with Crippen molar-refractivity contribution in [2.45, 2.75) is 39.7 Å². The van der Waals surface area contributed by atoms with Crippen LogP contribution in [-0.2, 0) is 0 Å². The van der Waals surface area contributed by atoms with Crippen LogP contribution in [0, 0.1) is 22.9 Å². The molecule has 17 heavy (non-hydrogen) atoms. The van der Waals surface area contributed by atoms with Gasteiger partial charge in [0, 0.05) is 0 Å². The van der Waals surface area contributed by atoms with Crippen LogP contribution >= 0.6 is 0 Å². The van der Waals surface area contributed by atoms with Crippen molar-refractivity contribution < 1.29 is 18.3 Å². The average molecular weight is 246 g/mol. The average Bonchev–Trinajstić information content (AvgIpc) is 2.20. The van der Waals surface area contributed by atoms with Crippen LogP contribution in [0.2, 0.25) is 0 Å². The van der Waals surface area contributed by atoms with Gasteiger partial charge < -0.3 is 5.11 Å². The summed E-state index contributed by atoms with van der Waals surface area (Å²) in [6.07, 6.45) is 0.113. The Balaban J connectivity index is 2.79. The van der Waals surface area contributed by atoms with Gasteiger partial charge in [0.05, 0.1) is 6.10 Å². The minimum absolute atomic E-state index is 0.0259. The first-order valence-electron chi connectivity index (χ1n) is 5.53. The lowest BCUT2D eigenvalue weighted by atomic mass is 9.88. The molecule has 1 atom stereocenters. The first-order valence-corrected chi connectivity index (χ1v) is 5.53. The highest BCUT2D eigenvalue weighted by molar-refractivity contribution is 5.21. The zero-order valence-electron chi connectivity index (χ0n) is 10.2. The van der Waals surface area contributed by atoms with Gasteiger partial charge in [0.25, 0.3) is 0 Å². The van der Waals surface area contributed by atoms with Crippen molar-refractivity contribution in [1.82, 2.24) is 0 Å². The highest BCUT2D eigenvalue weighted by Crippen LogP contribution is 2.28. The number of aliphatic hydroxyl groups is 1. The topological polar surface area (TPSA) is 20.2 Å². The molecule has 96 valence electrons. The lowest BCUT2D eigenvalue weighted by molar-refractivity contribution is 0.146. The van der Waals surface area contributed by atoms with Crippen molar-refractivity contribution in [3.8, 4) is 0 Å². The number of hydrogen-bond acceptors (Lipinski definition) is 1. The molecule has 0 saturated carbocycles. The summed E-state index contributed by atoms with van der Waals surface area (Å²) in [7, 11) is 0. The Morgan fingerprint density at radius 2 is 1.59 bits per heavy atom. The molecule has 1 unspecified atom stereocenters. The minimum atomic E-state index is -1.50. The largest absolute Gasteiger partial charge is 0.388 e. The van der Waals surface area contributed by atoms with E-state index in [-0.39, 0.29) is 11.0 Å². The third-order valence-electron chi connectivity index (χ3n) is 2.56. The molecule has 1 rings (SSSR count). The third-order valence-corrected chi connectivity index (χ3v) is 2.56. The first-order chi connectivity index (χ1) is 7.70. The van der Waals surface area contributed by atoms with Gasteiger partial charge in [-0.2, -0.15) is 0 Å². The quantitative estimate of drug-likeness (QED) is 0.800. The van der Waals surface area contributed by atoms with Crippen LogP contribution in [0.3, 0.4) is 0 Å². The van der Waals surface area contributed by atoms with E-state index < -0.39 is 23.6 Å². The molecule has 0 fully saturated rings. The van der Waals surface area contributed by atoms with Crippen LogP contribution in [0.15, 0.2) is 12.1 Å². The summed E-state index contributed by atoms with van der Waals surface area (Å²) in [4.78, 5) is 0. The summed E-state index contributed by atoms with van der Waals surface area (Å²) in [5.41, 5.74) is 0.101. The van der Waals surface area contributed by atoms with Crippen LogP contribution in [-0.4, -0.2) is 5.11 Å². The molecule has 0 aromatic heterocycles. The van der Waals surface area contributed by atoms with Crippen molar-refractivity contribution in [2.24, 2.45) is 5.41 Å². The lowest BCUT2D eigenvalue weighted by Gasteiger charge is -2.20. The fourth-order valence-electron chi connectivity index (χ4n) is 1.50. The Hall–Kier alpha value is -1.03. The molecule has 0 amide bonds. The monoisotopic (exact) mass is 246 g/mol. The molecular formula is C13H17F3O. The van der Waals surface area contributed by atoms with Crippen molar-refractivity contribution in [3.05, 3.63) is 35.1 Å². The Morgan fingerprint density at radius 1 is 1.12 bits per heavy atom. The van der Waals surface area contributed by atoms with Gasteiger partial charge in [-0.1, -0.05) is 20.8 Å². The van der Waals surface area contributed by atoms with E-state index >= 15 is 0 Å². The highest BCUT2D eigenvalue weighted by Gasteiger charge is 2.18. The van der Waals surface area contributed by atoms with E-state index in [1.54, 1.807) is 0 Å². The molecule has 0 aliphatic rings. The maximum atomic E-state index is 12.9. The van der Waals surface area contributed by atoms with E-state index in [9.17, 15) is 18.3 Å². The van der Waals surface area contributed by atoms with E-state index in [1.807, 2.05) is 20.8 Å². The van der Waals surface area contributed by atoms with Gasteiger partial charge in [-0.25, -0.2) is 13.2 Å². The standard InChI is InChI=1S/C13H17F3O/c1-13(2,3)5-4-11(17)8-6-9(14)12(16)10(15)7-8/h6-7,11,17H,4-5H2,1-3H3. The second-order valence-corrected chi connectivity index (χ2v) is 5.41. The highest BCUT2D eigenvalue weighted by atomic mass is 19.2. The minimum Gasteiger partial charge on any atom is -0.388 e. The predicted molar refractivity (Wildman–Crippen MR) is 60.0 cm³/mol. The van der Waals surface area contributed by atoms with Crippen LogP contribution in [0.5, 0.6) is 0 Å². The van der Waals surface area contributed by atoms with E-state index in [1.165, 1.54) is 0 Å². The summed E-state index contributed by atoms with van der Waals surface area (Å²) in [6.45, 7) is 6.02. The van der Waals surface area contributed by atoms with Crippen molar-refractivity contribution in [3.63, 3.8) is 0 Å². The fraction of sp³-hybridized carbons (Fsp3) is 0.538. The molecule has 0 radical (unpaired) electrons. The molecule has 0 bridgehead atoms. The van der Waals surface area contributed by atoms with Crippen LogP contribution in [0.25, 0.3) is 0 Å². The van der Waals surface area contributed by atoms with Gasteiger partial charge in [-0.15, -0.1) is 0 Å². The van der Waals surface area contributed by atoms with Crippen molar-refractivity contribution >= 4 is 0 Å². The zero-order valence-corrected chi connectivity index (χ0v) is 10.2. The Bertz CT molecular complexity index is 373. The smallest absolute Gasteiger partial charge is 0.194 e. The van der Waals surface area contributed by atoms with Gasteiger partial charge in [0.1, 0.15) is 0 Å². The molecule has 0 spiro atoms. The van der Waals surface area contributed by atoms with Gasteiger partial charge in [0.15, 0.2) is 17.5 Å². The first kappa shape index (κ1) is 14.0. The summed E-state index contributed by atoms with van der Waals surface area (Å²) in [5.74, 6) is -4.04. The summed E-state index contributed by atoms with van der Waals surface area (Å²) in [6, 6.07) is 1.68. The lowest BCUT2D eigenvalue weighted by Crippen LogP contribution is -2.09. The van der Waals surface area contributed by atoms with Crippen molar-refractivity contribution in [1.29, 1.82) is 0 Å². The van der Waals surface area contributed by atoms with Gasteiger partial charge in [-0.05, 0) is 36.0 Å². The molecule has 1 nitrogen and oxygen atoms in total. The third kappa shape index (κ3) is 4.04. The molecule has 0 aliphatic heterocycles. The molecule has 0 heterocycles. The number of halogens is 3. The number of benzene rings is 1. The molecule has 1 aromatic rings. The van der Waals surface area contributed by atoms with Crippen molar-refractivity contribution in [2.75, 3.05) is 0 Å². The molecule has 0 aliphatic carbocycles. The summed E-state index contributed by atoms with van der Waals surface area (Å²) >= 11 is 0. The van der Waals surface area contributed by atoms with Gasteiger partial charge in [0.2, 0.25) is 0 Å². The van der Waals surface area contributed by atoms with Gasteiger partial charge in [-0.3, -0.25) is 0 Å². The molecule has 1 N–H and O–H groups in total. The Morgan fingerprint density at radius 3 is 2.00 bits per heavy atom. The summed E-state index contributed by atoms with van der Waals surface area (Å²) in [5, 5.41) is 9.77. The Kier molecular flexibility index (Phi) is 4.20. The van der Waals surface area contributed by atoms with E-state index in [0.29, 0.717) is 12.8 Å². The Labute approximate surface area is 99.3 Å². The van der Waals surface area contributed by atoms with Gasteiger partial charge >= 0.3 is 0 Å². The number of rotatable bonds is 3. The molecule has 4 heteroatoms. The fourth-order valence-corrected chi connectivity index (χ4v) is 1.50. The maximum Gasteiger partial charge on any atom is 0.194 e. The molecule has 1 aromatic carbocycles. The predicted octanol–water partition coefficient (Wildman–Crippen LogP) is 3.96. The van der Waals surface area contributed by atoms with Crippen LogP contribution in [0.4, 0.5) is 13.2 Å². The second kappa shape index (κ2) is 5.08. The van der Waals surface area contributed by atoms with E-state index in [0.717, 1.165) is 12.1 Å². The van der Waals surface area contributed by atoms with Crippen LogP contribution < -0.4 is 0 Å². The van der Waals surface area contributed by atoms with E-state index in [2.05, 4.69) is 0 Å². The number of hydrogen-bond donors (Lipinski definition) is 1. The molecular weight excluding hydrogens is 229 g/mol. The zero-order chi connectivity index (χ0) is 13.2. The summed E-state index contributed by atoms with van der Waals surface area (Å²) < 4.78 is 38.6.